The molecule has 0 unspecified atom stereocenters. The quantitative estimate of drug-likeness (QED) is 0.510. The number of rotatable bonds is 5. The van der Waals surface area contributed by atoms with Crippen LogP contribution in [0.2, 0.25) is 0 Å². The van der Waals surface area contributed by atoms with Crippen molar-refractivity contribution in [3.05, 3.63) is 58.0 Å². The molecule has 7 nitrogen and oxygen atoms in total. The van der Waals surface area contributed by atoms with Gasteiger partial charge in [-0.05, 0) is 25.1 Å². The van der Waals surface area contributed by atoms with E-state index in [1.54, 1.807) is 0 Å². The highest BCUT2D eigenvalue weighted by molar-refractivity contribution is 7.20. The number of carbonyl (C=O) groups is 1. The van der Waals surface area contributed by atoms with Crippen molar-refractivity contribution < 1.29 is 9.53 Å². The van der Waals surface area contributed by atoms with Gasteiger partial charge in [-0.2, -0.15) is 5.10 Å². The molecule has 1 aromatic carbocycles. The molecule has 0 atom stereocenters. The van der Waals surface area contributed by atoms with Crippen molar-refractivity contribution in [2.45, 2.75) is 13.5 Å². The number of fused-ring (bicyclic) bond motifs is 1. The van der Waals surface area contributed by atoms with E-state index >= 15 is 0 Å². The fourth-order valence-corrected chi connectivity index (χ4v) is 5.26. The first-order chi connectivity index (χ1) is 14.7. The third-order valence-corrected chi connectivity index (χ3v) is 6.95. The summed E-state index contributed by atoms with van der Waals surface area (Å²) in [6.45, 7) is 6.11. The Kier molecular flexibility index (Phi) is 5.34. The number of aromatic nitrogens is 3. The van der Waals surface area contributed by atoms with Gasteiger partial charge in [0.2, 0.25) is 0 Å². The van der Waals surface area contributed by atoms with E-state index < -0.39 is 0 Å². The van der Waals surface area contributed by atoms with Crippen LogP contribution in [0.3, 0.4) is 0 Å². The minimum absolute atomic E-state index is 0.137. The Morgan fingerprint density at radius 2 is 2.03 bits per heavy atom. The van der Waals surface area contributed by atoms with Crippen molar-refractivity contribution in [1.82, 2.24) is 19.7 Å². The fraction of sp³-hybridized carbons (Fsp3) is 0.286. The molecule has 1 aliphatic heterocycles. The topological polar surface area (TPSA) is 72.3 Å². The lowest BCUT2D eigenvalue weighted by Gasteiger charge is -2.25. The molecule has 3 aromatic heterocycles. The summed E-state index contributed by atoms with van der Waals surface area (Å²) in [7, 11) is 0. The minimum Gasteiger partial charge on any atom is -0.379 e. The summed E-state index contributed by atoms with van der Waals surface area (Å²) in [6.07, 6.45) is 0. The molecule has 1 N–H and O–H groups in total. The van der Waals surface area contributed by atoms with E-state index in [2.05, 4.69) is 20.3 Å². The Morgan fingerprint density at radius 3 is 2.83 bits per heavy atom. The van der Waals surface area contributed by atoms with E-state index in [-0.39, 0.29) is 5.91 Å². The predicted molar refractivity (Wildman–Crippen MR) is 120 cm³/mol. The fourth-order valence-electron chi connectivity index (χ4n) is 3.49. The van der Waals surface area contributed by atoms with Gasteiger partial charge in [0, 0.05) is 30.4 Å². The van der Waals surface area contributed by atoms with Gasteiger partial charge in [-0.25, -0.2) is 9.67 Å². The number of hydrogen-bond acceptors (Lipinski definition) is 7. The first-order valence-corrected chi connectivity index (χ1v) is 11.5. The van der Waals surface area contributed by atoms with Gasteiger partial charge in [-0.1, -0.05) is 18.2 Å². The molecule has 0 saturated carbocycles. The summed E-state index contributed by atoms with van der Waals surface area (Å²) >= 11 is 2.90. The van der Waals surface area contributed by atoms with Crippen LogP contribution in [0.15, 0.2) is 41.8 Å². The van der Waals surface area contributed by atoms with Crippen LogP contribution in [0.25, 0.3) is 15.9 Å². The number of hydrogen-bond donors (Lipinski definition) is 1. The van der Waals surface area contributed by atoms with Gasteiger partial charge < -0.3 is 4.74 Å². The van der Waals surface area contributed by atoms with Crippen molar-refractivity contribution >= 4 is 43.9 Å². The number of para-hydroxylation sites is 1. The van der Waals surface area contributed by atoms with Crippen molar-refractivity contribution in [3.8, 4) is 5.69 Å². The molecule has 4 aromatic rings. The number of anilines is 1. The lowest BCUT2D eigenvalue weighted by Crippen LogP contribution is -2.35. The third kappa shape index (κ3) is 3.89. The van der Waals surface area contributed by atoms with Crippen LogP contribution >= 0.6 is 22.7 Å². The lowest BCUT2D eigenvalue weighted by atomic mass is 10.3. The van der Waals surface area contributed by atoms with E-state index in [1.165, 1.54) is 22.7 Å². The highest BCUT2D eigenvalue weighted by Crippen LogP contribution is 2.31. The molecule has 0 radical (unpaired) electrons. The second-order valence-corrected chi connectivity index (χ2v) is 9.04. The molecule has 9 heteroatoms. The number of carbonyl (C=O) groups excluding carboxylic acids is 1. The monoisotopic (exact) mass is 439 g/mol. The summed E-state index contributed by atoms with van der Waals surface area (Å²) in [5.41, 5.74) is 2.87. The van der Waals surface area contributed by atoms with Crippen molar-refractivity contribution in [1.29, 1.82) is 0 Å². The first kappa shape index (κ1) is 19.4. The molecule has 1 saturated heterocycles. The largest absolute Gasteiger partial charge is 0.379 e. The molecular weight excluding hydrogens is 418 g/mol. The number of nitrogens with one attached hydrogen (secondary N) is 1. The zero-order valence-corrected chi connectivity index (χ0v) is 18.1. The lowest BCUT2D eigenvalue weighted by molar-refractivity contribution is 0.0337. The molecule has 0 bridgehead atoms. The molecular formula is C21H21N5O2S2. The zero-order chi connectivity index (χ0) is 20.5. The number of thiophene rings is 1. The van der Waals surface area contributed by atoms with Gasteiger partial charge in [0.05, 0.1) is 35.2 Å². The Morgan fingerprint density at radius 1 is 1.23 bits per heavy atom. The summed E-state index contributed by atoms with van der Waals surface area (Å²) in [4.78, 5) is 21.4. The number of thiazole rings is 1. The number of benzene rings is 1. The van der Waals surface area contributed by atoms with Gasteiger partial charge in [0.15, 0.2) is 5.13 Å². The van der Waals surface area contributed by atoms with Gasteiger partial charge in [0.25, 0.3) is 5.91 Å². The predicted octanol–water partition coefficient (Wildman–Crippen LogP) is 3.94. The standard InChI is InChI=1S/C21H21N5O2S2/c1-14-17-11-18(30-20(17)26(24-14)16-5-3-2-4-6-16)19(27)23-21-22-15(13-29-21)12-25-7-9-28-10-8-25/h2-6,11,13H,7-10,12H2,1H3,(H,22,23,27). The molecule has 154 valence electrons. The van der Waals surface area contributed by atoms with Crippen molar-refractivity contribution in [2.24, 2.45) is 0 Å². The normalized spacial score (nSPS) is 15.0. The highest BCUT2D eigenvalue weighted by Gasteiger charge is 2.19. The van der Waals surface area contributed by atoms with Crippen LogP contribution in [-0.2, 0) is 11.3 Å². The molecule has 5 rings (SSSR count). The SMILES string of the molecule is Cc1nn(-c2ccccc2)c2sc(C(=O)Nc3nc(CN4CCOCC4)cs3)cc12. The van der Waals surface area contributed by atoms with E-state index in [9.17, 15) is 4.79 Å². The van der Waals surface area contributed by atoms with E-state index in [1.807, 2.05) is 53.4 Å². The van der Waals surface area contributed by atoms with Crippen LogP contribution < -0.4 is 5.32 Å². The van der Waals surface area contributed by atoms with Crippen LogP contribution in [-0.4, -0.2) is 51.9 Å². The number of ether oxygens (including phenoxy) is 1. The van der Waals surface area contributed by atoms with Gasteiger partial charge in [0.1, 0.15) is 4.83 Å². The van der Waals surface area contributed by atoms with Crippen molar-refractivity contribution in [3.63, 3.8) is 0 Å². The first-order valence-electron chi connectivity index (χ1n) is 9.78. The zero-order valence-electron chi connectivity index (χ0n) is 16.5. The summed E-state index contributed by atoms with van der Waals surface area (Å²) in [5.74, 6) is -0.137. The maximum absolute atomic E-state index is 12.8. The van der Waals surface area contributed by atoms with Gasteiger partial charge >= 0.3 is 0 Å². The van der Waals surface area contributed by atoms with Gasteiger partial charge in [-0.3, -0.25) is 15.0 Å². The Hall–Kier alpha value is -2.59. The Balaban J connectivity index is 1.33. The van der Waals surface area contributed by atoms with Crippen LogP contribution in [0.5, 0.6) is 0 Å². The average molecular weight is 440 g/mol. The minimum atomic E-state index is -0.137. The third-order valence-electron chi connectivity index (χ3n) is 5.03. The molecule has 1 amide bonds. The second-order valence-electron chi connectivity index (χ2n) is 7.15. The van der Waals surface area contributed by atoms with Crippen LogP contribution in [0.1, 0.15) is 21.1 Å². The summed E-state index contributed by atoms with van der Waals surface area (Å²) < 4.78 is 7.28. The molecule has 0 spiro atoms. The molecule has 4 heterocycles. The number of nitrogens with zero attached hydrogens (tertiary/aromatic N) is 4. The molecule has 1 aliphatic rings. The van der Waals surface area contributed by atoms with E-state index in [4.69, 9.17) is 4.74 Å². The van der Waals surface area contributed by atoms with Crippen molar-refractivity contribution in [2.75, 3.05) is 31.6 Å². The number of morpholine rings is 1. The highest BCUT2D eigenvalue weighted by atomic mass is 32.1. The molecule has 1 fully saturated rings. The van der Waals surface area contributed by atoms with E-state index in [0.29, 0.717) is 10.0 Å². The Labute approximate surface area is 181 Å². The van der Waals surface area contributed by atoms with E-state index in [0.717, 1.165) is 60.1 Å². The maximum Gasteiger partial charge on any atom is 0.267 e. The molecule has 0 aliphatic carbocycles. The summed E-state index contributed by atoms with van der Waals surface area (Å²) in [6, 6.07) is 11.9. The van der Waals surface area contributed by atoms with Crippen LogP contribution in [0, 0.1) is 6.92 Å². The maximum atomic E-state index is 12.8. The average Bonchev–Trinajstić information content (AvgIpc) is 3.47. The number of aryl methyl sites for hydroxylation is 1. The van der Waals surface area contributed by atoms with Gasteiger partial charge in [-0.15, -0.1) is 22.7 Å². The number of amides is 1. The second kappa shape index (κ2) is 8.27. The van der Waals surface area contributed by atoms with Crippen LogP contribution in [0.4, 0.5) is 5.13 Å². The smallest absolute Gasteiger partial charge is 0.267 e. The Bertz CT molecular complexity index is 1170. The molecule has 30 heavy (non-hydrogen) atoms. The summed E-state index contributed by atoms with van der Waals surface area (Å²) in [5, 5.41) is 11.2.